The lowest BCUT2D eigenvalue weighted by molar-refractivity contribution is -0.146. The van der Waals surface area contributed by atoms with Crippen molar-refractivity contribution in [3.63, 3.8) is 0 Å². The van der Waals surface area contributed by atoms with Crippen molar-refractivity contribution < 1.29 is 14.3 Å². The number of nitrogens with zero attached hydrogens (tertiary/aromatic N) is 4. The predicted molar refractivity (Wildman–Crippen MR) is 123 cm³/mol. The highest BCUT2D eigenvalue weighted by Crippen LogP contribution is 2.36. The largest absolute Gasteiger partial charge is 0.478 e. The van der Waals surface area contributed by atoms with Crippen LogP contribution in [-0.2, 0) is 16.0 Å². The van der Waals surface area contributed by atoms with Crippen LogP contribution < -0.4 is 9.64 Å². The zero-order valence-electron chi connectivity index (χ0n) is 19.9. The van der Waals surface area contributed by atoms with Crippen molar-refractivity contribution >= 4 is 17.6 Å². The van der Waals surface area contributed by atoms with E-state index in [2.05, 4.69) is 6.92 Å². The zero-order valence-corrected chi connectivity index (χ0v) is 19.9. The smallest absolute Gasteiger partial charge is 0.266 e. The van der Waals surface area contributed by atoms with Crippen LogP contribution in [0.5, 0.6) is 5.75 Å². The van der Waals surface area contributed by atoms with Crippen LogP contribution in [-0.4, -0.2) is 45.9 Å². The number of likely N-dealkylation sites (tertiary alicyclic amines) is 1. The van der Waals surface area contributed by atoms with Crippen molar-refractivity contribution in [3.8, 4) is 5.75 Å². The number of amides is 2. The molecular formula is C25H32N4O3. The minimum Gasteiger partial charge on any atom is -0.478 e. The fourth-order valence-corrected chi connectivity index (χ4v) is 4.58. The number of hydrogen-bond acceptors (Lipinski definition) is 5. The maximum absolute atomic E-state index is 13.6. The quantitative estimate of drug-likeness (QED) is 0.728. The van der Waals surface area contributed by atoms with Gasteiger partial charge >= 0.3 is 0 Å². The van der Waals surface area contributed by atoms with Gasteiger partial charge in [-0.25, -0.2) is 9.97 Å². The number of anilines is 1. The van der Waals surface area contributed by atoms with Gasteiger partial charge in [-0.15, -0.1) is 0 Å². The number of aromatic nitrogens is 2. The third-order valence-electron chi connectivity index (χ3n) is 6.67. The third-order valence-corrected chi connectivity index (χ3v) is 6.67. The van der Waals surface area contributed by atoms with Gasteiger partial charge in [0, 0.05) is 31.3 Å². The minimum atomic E-state index is -1.03. The second kappa shape index (κ2) is 8.19. The monoisotopic (exact) mass is 436 g/mol. The molecule has 1 aromatic carbocycles. The van der Waals surface area contributed by atoms with Gasteiger partial charge in [-0.2, -0.15) is 0 Å². The van der Waals surface area contributed by atoms with E-state index in [1.165, 1.54) is 5.56 Å². The Kier molecular flexibility index (Phi) is 5.69. The summed E-state index contributed by atoms with van der Waals surface area (Å²) >= 11 is 0. The second-order valence-electron chi connectivity index (χ2n) is 9.44. The first-order valence-corrected chi connectivity index (χ1v) is 11.3. The van der Waals surface area contributed by atoms with Gasteiger partial charge in [-0.3, -0.25) is 14.5 Å². The summed E-state index contributed by atoms with van der Waals surface area (Å²) < 4.78 is 6.16. The Bertz CT molecular complexity index is 1080. The Morgan fingerprint density at radius 2 is 1.88 bits per heavy atom. The van der Waals surface area contributed by atoms with Crippen LogP contribution in [0, 0.1) is 20.8 Å². The predicted octanol–water partition coefficient (Wildman–Crippen LogP) is 3.83. The Hall–Kier alpha value is -2.96. The molecule has 2 aliphatic rings. The summed E-state index contributed by atoms with van der Waals surface area (Å²) in [5.41, 5.74) is 3.19. The van der Waals surface area contributed by atoms with Gasteiger partial charge in [0.15, 0.2) is 11.4 Å². The van der Waals surface area contributed by atoms with E-state index < -0.39 is 5.60 Å². The third kappa shape index (κ3) is 3.96. The first-order chi connectivity index (χ1) is 15.1. The van der Waals surface area contributed by atoms with E-state index in [1.807, 2.05) is 50.8 Å². The fourth-order valence-electron chi connectivity index (χ4n) is 4.58. The standard InChI is InChI=1S/C25H32N4O3/c1-15-9-10-18(14-16(15)2)32-25(4,5)24(31)29-13-7-8-20(29)22-26-17(3)19-11-12-21(30)28(6)23(19)27-22/h9-10,14,20H,7-8,11-13H2,1-6H3/t20-/m0/s1. The number of carbonyl (C=O) groups is 2. The summed E-state index contributed by atoms with van der Waals surface area (Å²) in [6.07, 6.45) is 2.81. The first-order valence-electron chi connectivity index (χ1n) is 11.3. The highest BCUT2D eigenvalue weighted by atomic mass is 16.5. The van der Waals surface area contributed by atoms with Crippen molar-refractivity contribution in [2.45, 2.75) is 71.9 Å². The fraction of sp³-hybridized carbons (Fsp3) is 0.520. The second-order valence-corrected chi connectivity index (χ2v) is 9.44. The van der Waals surface area contributed by atoms with Crippen LogP contribution in [0.15, 0.2) is 18.2 Å². The van der Waals surface area contributed by atoms with Crippen molar-refractivity contribution in [1.29, 1.82) is 0 Å². The summed E-state index contributed by atoms with van der Waals surface area (Å²) in [5, 5.41) is 0. The number of benzene rings is 1. The number of fused-ring (bicyclic) bond motifs is 1. The Morgan fingerprint density at radius 1 is 1.12 bits per heavy atom. The summed E-state index contributed by atoms with van der Waals surface area (Å²) in [6.45, 7) is 10.3. The zero-order chi connectivity index (χ0) is 23.2. The molecule has 170 valence electrons. The maximum Gasteiger partial charge on any atom is 0.266 e. The molecule has 4 rings (SSSR count). The Balaban J connectivity index is 1.60. The number of ether oxygens (including phenoxy) is 1. The lowest BCUT2D eigenvalue weighted by Gasteiger charge is -2.34. The van der Waals surface area contributed by atoms with Crippen molar-refractivity contribution in [2.75, 3.05) is 18.5 Å². The molecule has 32 heavy (non-hydrogen) atoms. The molecule has 7 nitrogen and oxygen atoms in total. The molecule has 2 amide bonds. The molecule has 2 aromatic rings. The average molecular weight is 437 g/mol. The molecule has 0 radical (unpaired) electrons. The highest BCUT2D eigenvalue weighted by molar-refractivity contribution is 5.94. The van der Waals surface area contributed by atoms with Gasteiger partial charge in [-0.05, 0) is 77.1 Å². The highest BCUT2D eigenvalue weighted by Gasteiger charge is 2.41. The molecule has 0 N–H and O–H groups in total. The topological polar surface area (TPSA) is 75.6 Å². The van der Waals surface area contributed by atoms with E-state index in [0.717, 1.165) is 29.7 Å². The first kappa shape index (κ1) is 22.2. The van der Waals surface area contributed by atoms with Crippen LogP contribution in [0.1, 0.15) is 67.4 Å². The van der Waals surface area contributed by atoms with Gasteiger partial charge in [0.05, 0.1) is 6.04 Å². The minimum absolute atomic E-state index is 0.0591. The van der Waals surface area contributed by atoms with Gasteiger partial charge < -0.3 is 9.64 Å². The molecule has 0 bridgehead atoms. The molecule has 2 aliphatic heterocycles. The summed E-state index contributed by atoms with van der Waals surface area (Å²) in [4.78, 5) is 38.8. The summed E-state index contributed by atoms with van der Waals surface area (Å²) in [6, 6.07) is 5.65. The number of aryl methyl sites for hydroxylation is 3. The molecule has 0 saturated carbocycles. The van der Waals surface area contributed by atoms with Crippen LogP contribution in [0.3, 0.4) is 0 Å². The van der Waals surface area contributed by atoms with Gasteiger partial charge in [0.25, 0.3) is 5.91 Å². The SMILES string of the molecule is Cc1ccc(OC(C)(C)C(=O)N2CCC[C@H]2c2nc(C)c3c(n2)N(C)C(=O)CC3)cc1C. The number of rotatable bonds is 4. The van der Waals surface area contributed by atoms with Crippen LogP contribution in [0.2, 0.25) is 0 Å². The number of carbonyl (C=O) groups excluding carboxylic acids is 2. The summed E-state index contributed by atoms with van der Waals surface area (Å²) in [7, 11) is 1.76. The van der Waals surface area contributed by atoms with E-state index >= 15 is 0 Å². The van der Waals surface area contributed by atoms with Gasteiger partial charge in [0.2, 0.25) is 5.91 Å². The maximum atomic E-state index is 13.6. The molecule has 7 heteroatoms. The lowest BCUT2D eigenvalue weighted by atomic mass is 10.0. The van der Waals surface area contributed by atoms with Crippen LogP contribution >= 0.6 is 0 Å². The van der Waals surface area contributed by atoms with Crippen LogP contribution in [0.25, 0.3) is 0 Å². The van der Waals surface area contributed by atoms with Crippen LogP contribution in [0.4, 0.5) is 5.82 Å². The molecule has 3 heterocycles. The summed E-state index contributed by atoms with van der Waals surface area (Å²) in [5.74, 6) is 1.94. The van der Waals surface area contributed by atoms with E-state index in [9.17, 15) is 9.59 Å². The Morgan fingerprint density at radius 3 is 2.59 bits per heavy atom. The molecule has 1 saturated heterocycles. The van der Waals surface area contributed by atoms with Crippen molar-refractivity contribution in [2.24, 2.45) is 0 Å². The number of hydrogen-bond donors (Lipinski definition) is 0. The lowest BCUT2D eigenvalue weighted by Crippen LogP contribution is -2.48. The molecule has 1 atom stereocenters. The molecule has 1 aromatic heterocycles. The van der Waals surface area contributed by atoms with Gasteiger partial charge in [0.1, 0.15) is 11.6 Å². The average Bonchev–Trinajstić information content (AvgIpc) is 3.22. The molecule has 0 aliphatic carbocycles. The molecule has 1 fully saturated rings. The Labute approximate surface area is 189 Å². The van der Waals surface area contributed by atoms with Crippen molar-refractivity contribution in [1.82, 2.24) is 14.9 Å². The van der Waals surface area contributed by atoms with E-state index in [1.54, 1.807) is 11.9 Å². The van der Waals surface area contributed by atoms with Crippen molar-refractivity contribution in [3.05, 3.63) is 46.4 Å². The van der Waals surface area contributed by atoms with E-state index in [-0.39, 0.29) is 17.9 Å². The molecule has 0 unspecified atom stereocenters. The molecule has 0 spiro atoms. The normalized spacial score (nSPS) is 18.7. The van der Waals surface area contributed by atoms with Gasteiger partial charge in [-0.1, -0.05) is 6.07 Å². The van der Waals surface area contributed by atoms with E-state index in [4.69, 9.17) is 14.7 Å². The van der Waals surface area contributed by atoms with E-state index in [0.29, 0.717) is 36.8 Å². The molecular weight excluding hydrogens is 404 g/mol.